The molecule has 0 saturated heterocycles. The fourth-order valence-electron chi connectivity index (χ4n) is 1.56. The van der Waals surface area contributed by atoms with Crippen LogP contribution in [-0.2, 0) is 16.4 Å². The average Bonchev–Trinajstić information content (AvgIpc) is 2.35. The van der Waals surface area contributed by atoms with Crippen LogP contribution < -0.4 is 5.73 Å². The zero-order chi connectivity index (χ0) is 15.6. The van der Waals surface area contributed by atoms with Crippen LogP contribution in [0.15, 0.2) is 29.2 Å². The van der Waals surface area contributed by atoms with E-state index in [1.165, 1.54) is 31.3 Å². The summed E-state index contributed by atoms with van der Waals surface area (Å²) in [4.78, 5) is -0.0498. The summed E-state index contributed by atoms with van der Waals surface area (Å²) >= 11 is 0. The van der Waals surface area contributed by atoms with Crippen molar-refractivity contribution in [3.05, 3.63) is 29.8 Å². The molecule has 20 heavy (non-hydrogen) atoms. The quantitative estimate of drug-likeness (QED) is 0.901. The fourth-order valence-corrected chi connectivity index (χ4v) is 2.93. The molecule has 4 nitrogen and oxygen atoms in total. The largest absolute Gasteiger partial charge is 0.393 e. The van der Waals surface area contributed by atoms with E-state index in [1.54, 1.807) is 6.92 Å². The van der Waals surface area contributed by atoms with Crippen LogP contribution in [0, 0.1) is 0 Å². The van der Waals surface area contributed by atoms with Gasteiger partial charge >= 0.3 is 6.18 Å². The topological polar surface area (TPSA) is 63.4 Å². The molecule has 0 aromatic heterocycles. The third-order valence-corrected chi connectivity index (χ3v) is 4.95. The molecule has 0 aliphatic carbocycles. The van der Waals surface area contributed by atoms with Crippen molar-refractivity contribution in [2.75, 3.05) is 13.6 Å². The number of benzene rings is 1. The van der Waals surface area contributed by atoms with Gasteiger partial charge in [-0.05, 0) is 24.6 Å². The number of hydrogen-bond acceptors (Lipinski definition) is 3. The van der Waals surface area contributed by atoms with E-state index in [1.807, 2.05) is 0 Å². The number of nitrogens with zero attached hydrogens (tertiary/aromatic N) is 1. The van der Waals surface area contributed by atoms with Gasteiger partial charge in [-0.25, -0.2) is 8.42 Å². The molecule has 0 aliphatic heterocycles. The van der Waals surface area contributed by atoms with E-state index in [-0.39, 0.29) is 17.0 Å². The lowest BCUT2D eigenvalue weighted by atomic mass is 10.1. The maximum absolute atomic E-state index is 12.2. The molecule has 0 amide bonds. The van der Waals surface area contributed by atoms with Gasteiger partial charge in [0.25, 0.3) is 0 Å². The second-order valence-corrected chi connectivity index (χ2v) is 6.54. The zero-order valence-corrected chi connectivity index (χ0v) is 12.0. The van der Waals surface area contributed by atoms with Gasteiger partial charge in [0, 0.05) is 19.6 Å². The highest BCUT2D eigenvalue weighted by Gasteiger charge is 2.28. The van der Waals surface area contributed by atoms with Crippen molar-refractivity contribution in [1.29, 1.82) is 0 Å². The summed E-state index contributed by atoms with van der Waals surface area (Å²) in [6.07, 6.45) is -5.40. The molecule has 0 radical (unpaired) electrons. The Hall–Kier alpha value is -1.12. The number of sulfonamides is 1. The standard InChI is InChI=1S/C12H17F3N2O2S/c1-9(8-16)17(2)20(18,19)11-5-3-10(4-6-11)7-12(13,14)15/h3-6,9H,7-8,16H2,1-2H3. The lowest BCUT2D eigenvalue weighted by Gasteiger charge is -2.23. The van der Waals surface area contributed by atoms with Crippen molar-refractivity contribution in [1.82, 2.24) is 4.31 Å². The minimum atomic E-state index is -4.31. The van der Waals surface area contributed by atoms with E-state index in [2.05, 4.69) is 0 Å². The summed E-state index contributed by atoms with van der Waals surface area (Å²) in [5.74, 6) is 0. The Balaban J connectivity index is 2.98. The molecule has 0 bridgehead atoms. The molecule has 1 aromatic carbocycles. The first-order valence-corrected chi connectivity index (χ1v) is 7.35. The third kappa shape index (κ3) is 4.19. The Kier molecular flexibility index (Phi) is 5.17. The number of alkyl halides is 3. The molecule has 114 valence electrons. The zero-order valence-electron chi connectivity index (χ0n) is 11.2. The van der Waals surface area contributed by atoms with Crippen LogP contribution in [0.4, 0.5) is 13.2 Å². The second-order valence-electron chi connectivity index (χ2n) is 4.54. The number of likely N-dealkylation sites (N-methyl/N-ethyl adjacent to an activating group) is 1. The Labute approximate surface area is 116 Å². The molecular weight excluding hydrogens is 293 g/mol. The molecular formula is C12H17F3N2O2S. The molecule has 0 spiro atoms. The van der Waals surface area contributed by atoms with Crippen LogP contribution in [0.1, 0.15) is 12.5 Å². The molecule has 1 unspecified atom stereocenters. The van der Waals surface area contributed by atoms with Crippen LogP contribution in [0.3, 0.4) is 0 Å². The molecule has 0 saturated carbocycles. The summed E-state index contributed by atoms with van der Waals surface area (Å²) in [5.41, 5.74) is 5.43. The van der Waals surface area contributed by atoms with Crippen molar-refractivity contribution in [2.45, 2.75) is 30.5 Å². The highest BCUT2D eigenvalue weighted by Crippen LogP contribution is 2.23. The van der Waals surface area contributed by atoms with E-state index in [0.717, 1.165) is 4.31 Å². The molecule has 0 aliphatic rings. The fraction of sp³-hybridized carbons (Fsp3) is 0.500. The van der Waals surface area contributed by atoms with Gasteiger partial charge in [-0.1, -0.05) is 12.1 Å². The number of rotatable bonds is 5. The Morgan fingerprint density at radius 1 is 1.25 bits per heavy atom. The maximum Gasteiger partial charge on any atom is 0.393 e. The van der Waals surface area contributed by atoms with Crippen molar-refractivity contribution >= 4 is 10.0 Å². The van der Waals surface area contributed by atoms with Crippen molar-refractivity contribution < 1.29 is 21.6 Å². The van der Waals surface area contributed by atoms with E-state index >= 15 is 0 Å². The second kappa shape index (κ2) is 6.11. The predicted octanol–water partition coefficient (Wildman–Crippen LogP) is 1.76. The van der Waals surface area contributed by atoms with E-state index in [0.29, 0.717) is 0 Å². The minimum absolute atomic E-state index is 0.0194. The normalized spacial score (nSPS) is 14.6. The summed E-state index contributed by atoms with van der Waals surface area (Å²) in [6.45, 7) is 1.80. The first-order chi connectivity index (χ1) is 9.08. The van der Waals surface area contributed by atoms with Crippen LogP contribution in [0.25, 0.3) is 0 Å². The monoisotopic (exact) mass is 310 g/mol. The summed E-state index contributed by atoms with van der Waals surface area (Å²) < 4.78 is 62.1. The predicted molar refractivity (Wildman–Crippen MR) is 69.7 cm³/mol. The number of nitrogens with two attached hydrogens (primary N) is 1. The van der Waals surface area contributed by atoms with Crippen LogP contribution in [0.2, 0.25) is 0 Å². The molecule has 1 aromatic rings. The lowest BCUT2D eigenvalue weighted by molar-refractivity contribution is -0.127. The van der Waals surface area contributed by atoms with E-state index in [4.69, 9.17) is 5.73 Å². The summed E-state index contributed by atoms with van der Waals surface area (Å²) in [7, 11) is -2.35. The molecule has 1 rings (SSSR count). The lowest BCUT2D eigenvalue weighted by Crippen LogP contribution is -2.39. The third-order valence-electron chi connectivity index (χ3n) is 2.97. The average molecular weight is 310 g/mol. The van der Waals surface area contributed by atoms with Crippen molar-refractivity contribution in [3.8, 4) is 0 Å². The smallest absolute Gasteiger partial charge is 0.329 e. The first-order valence-electron chi connectivity index (χ1n) is 5.91. The van der Waals surface area contributed by atoms with E-state index < -0.39 is 28.7 Å². The highest BCUT2D eigenvalue weighted by atomic mass is 32.2. The van der Waals surface area contributed by atoms with Crippen LogP contribution >= 0.6 is 0 Å². The Bertz CT molecular complexity index is 541. The minimum Gasteiger partial charge on any atom is -0.329 e. The van der Waals surface area contributed by atoms with Gasteiger partial charge in [0.2, 0.25) is 10.0 Å². The highest BCUT2D eigenvalue weighted by molar-refractivity contribution is 7.89. The van der Waals surface area contributed by atoms with Gasteiger partial charge in [0.15, 0.2) is 0 Å². The summed E-state index contributed by atoms with van der Waals surface area (Å²) in [6, 6.07) is 4.30. The van der Waals surface area contributed by atoms with Crippen molar-refractivity contribution in [3.63, 3.8) is 0 Å². The molecule has 1 atom stereocenters. The van der Waals surface area contributed by atoms with Crippen LogP contribution in [0.5, 0.6) is 0 Å². The maximum atomic E-state index is 12.2. The first kappa shape index (κ1) is 16.9. The van der Waals surface area contributed by atoms with Crippen LogP contribution in [-0.4, -0.2) is 38.5 Å². The van der Waals surface area contributed by atoms with Gasteiger partial charge in [-0.2, -0.15) is 17.5 Å². The molecule has 0 heterocycles. The molecule has 0 fully saturated rings. The van der Waals surface area contributed by atoms with Crippen molar-refractivity contribution in [2.24, 2.45) is 5.73 Å². The van der Waals surface area contributed by atoms with Gasteiger partial charge in [-0.3, -0.25) is 0 Å². The Morgan fingerprint density at radius 3 is 2.15 bits per heavy atom. The SMILES string of the molecule is CC(CN)N(C)S(=O)(=O)c1ccc(CC(F)(F)F)cc1. The molecule has 8 heteroatoms. The van der Waals surface area contributed by atoms with Gasteiger partial charge < -0.3 is 5.73 Å². The van der Waals surface area contributed by atoms with Gasteiger partial charge in [-0.15, -0.1) is 0 Å². The Morgan fingerprint density at radius 2 is 1.75 bits per heavy atom. The van der Waals surface area contributed by atoms with Gasteiger partial charge in [0.05, 0.1) is 11.3 Å². The molecule has 2 N–H and O–H groups in total. The van der Waals surface area contributed by atoms with E-state index in [9.17, 15) is 21.6 Å². The number of hydrogen-bond donors (Lipinski definition) is 1. The summed E-state index contributed by atoms with van der Waals surface area (Å²) in [5, 5.41) is 0. The van der Waals surface area contributed by atoms with Gasteiger partial charge in [0.1, 0.15) is 0 Å². The number of halogens is 3.